The summed E-state index contributed by atoms with van der Waals surface area (Å²) in [7, 11) is 0. The Morgan fingerprint density at radius 2 is 0.830 bits per heavy atom. The molecular formula is C74H147NO19. The van der Waals surface area contributed by atoms with Crippen molar-refractivity contribution in [2.75, 3.05) is 46.4 Å². The van der Waals surface area contributed by atoms with Gasteiger partial charge < -0.3 is 83.5 Å². The van der Waals surface area contributed by atoms with Crippen LogP contribution in [0, 0.1) is 81.1 Å². The van der Waals surface area contributed by atoms with Crippen LogP contribution in [-0.2, 0) is 42.6 Å². The highest BCUT2D eigenvalue weighted by atomic mass is 16.8. The fraction of sp³-hybridized carbons (Fsp3) is 0.919. The lowest BCUT2D eigenvalue weighted by Crippen LogP contribution is -2.39. The van der Waals surface area contributed by atoms with E-state index >= 15 is 0 Å². The minimum absolute atomic E-state index is 0. The van der Waals surface area contributed by atoms with Crippen LogP contribution in [0.4, 0.5) is 5.69 Å². The van der Waals surface area contributed by atoms with E-state index in [1.54, 1.807) is 19.1 Å². The van der Waals surface area contributed by atoms with Crippen LogP contribution in [0.2, 0.25) is 0 Å². The number of aliphatic hydroxyl groups excluding tert-OH is 6. The van der Waals surface area contributed by atoms with Crippen molar-refractivity contribution < 1.29 is 88.4 Å². The fourth-order valence-electron chi connectivity index (χ4n) is 11.0. The SMILES string of the molecule is CC1(C)OCC(C2OC(C)(C)OC2CO)O1.CCC(C)C(C)C(C)CC.CCC(C)C(C)C(C)CC.CCC(C)C(C)C(C)CO.CCC(C)C(C)C(C)COCOc1ccc([N+](=O)[O-])cc1.CCC(O)C(O)C(O)CO.CCC1OC(C)(C)OC1C1COC(C)(C)O1.O. The van der Waals surface area contributed by atoms with Crippen molar-refractivity contribution in [2.24, 2.45) is 71.0 Å². The first-order chi connectivity index (χ1) is 43.1. The van der Waals surface area contributed by atoms with Crippen molar-refractivity contribution >= 4 is 5.69 Å². The third kappa shape index (κ3) is 36.7. The number of hydrogen-bond donors (Lipinski definition) is 6. The van der Waals surface area contributed by atoms with Crippen molar-refractivity contribution in [3.63, 3.8) is 0 Å². The smallest absolute Gasteiger partial charge is 0.269 e. The minimum atomic E-state index is -1.24. The molecule has 562 valence electrons. The molecule has 20 nitrogen and oxygen atoms in total. The topological polar surface area (TPSA) is 288 Å². The van der Waals surface area contributed by atoms with E-state index in [2.05, 4.69) is 132 Å². The maximum Gasteiger partial charge on any atom is 0.269 e. The summed E-state index contributed by atoms with van der Waals surface area (Å²) in [5.74, 6) is 7.29. The number of hydrogen-bond acceptors (Lipinski definition) is 18. The molecular weight excluding hydrogens is 1210 g/mol. The van der Waals surface area contributed by atoms with Gasteiger partial charge in [0, 0.05) is 18.7 Å². The van der Waals surface area contributed by atoms with Crippen LogP contribution in [-0.4, -0.2) is 166 Å². The molecule has 1 aromatic rings. The van der Waals surface area contributed by atoms with Crippen molar-refractivity contribution in [3.05, 3.63) is 34.4 Å². The molecule has 0 spiro atoms. The predicted molar refractivity (Wildman–Crippen MR) is 377 cm³/mol. The van der Waals surface area contributed by atoms with Crippen LogP contribution in [0.5, 0.6) is 5.75 Å². The Morgan fingerprint density at radius 1 is 0.479 bits per heavy atom. The van der Waals surface area contributed by atoms with Gasteiger partial charge in [0.1, 0.15) is 48.5 Å². The molecule has 0 aliphatic carbocycles. The van der Waals surface area contributed by atoms with Gasteiger partial charge in [0.25, 0.3) is 5.69 Å². The van der Waals surface area contributed by atoms with E-state index in [0.717, 1.165) is 47.8 Å². The molecule has 4 aliphatic rings. The first-order valence-corrected chi connectivity index (χ1v) is 35.8. The summed E-state index contributed by atoms with van der Waals surface area (Å²) in [4.78, 5) is 10.1. The van der Waals surface area contributed by atoms with Crippen molar-refractivity contribution in [1.29, 1.82) is 0 Å². The number of nitro groups is 1. The zero-order valence-electron chi connectivity index (χ0n) is 64.6. The average molecular weight is 1350 g/mol. The van der Waals surface area contributed by atoms with Crippen LogP contribution in [0.25, 0.3) is 0 Å². The van der Waals surface area contributed by atoms with Gasteiger partial charge in [-0.25, -0.2) is 0 Å². The van der Waals surface area contributed by atoms with Crippen LogP contribution < -0.4 is 4.74 Å². The van der Waals surface area contributed by atoms with E-state index in [-0.39, 0.29) is 61.2 Å². The van der Waals surface area contributed by atoms with E-state index in [1.165, 1.54) is 50.7 Å². The summed E-state index contributed by atoms with van der Waals surface area (Å²) < 4.78 is 56.6. The fourth-order valence-corrected chi connectivity index (χ4v) is 11.0. The number of nitrogens with zero attached hydrogens (tertiary/aromatic N) is 1. The summed E-state index contributed by atoms with van der Waals surface area (Å²) in [5, 5.41) is 63.6. The largest absolute Gasteiger partial charge is 0.468 e. The van der Waals surface area contributed by atoms with Gasteiger partial charge in [-0.2, -0.15) is 0 Å². The lowest BCUT2D eigenvalue weighted by atomic mass is 9.82. The van der Waals surface area contributed by atoms with Crippen molar-refractivity contribution in [1.82, 2.24) is 0 Å². The second-order valence-corrected chi connectivity index (χ2v) is 29.1. The summed E-state index contributed by atoms with van der Waals surface area (Å²) in [6.45, 7) is 61.5. The first-order valence-electron chi connectivity index (χ1n) is 35.8. The zero-order chi connectivity index (χ0) is 72.4. The number of rotatable bonds is 29. The number of benzene rings is 1. The molecule has 0 saturated carbocycles. The average Bonchev–Trinajstić information content (AvgIpc) is 1.66. The third-order valence-corrected chi connectivity index (χ3v) is 20.3. The van der Waals surface area contributed by atoms with E-state index in [1.807, 2.05) is 55.4 Å². The predicted octanol–water partition coefficient (Wildman–Crippen LogP) is 14.4. The van der Waals surface area contributed by atoms with Crippen molar-refractivity contribution in [3.8, 4) is 5.75 Å². The highest BCUT2D eigenvalue weighted by molar-refractivity contribution is 5.35. The van der Waals surface area contributed by atoms with Gasteiger partial charge in [0.05, 0.1) is 50.2 Å². The molecule has 94 heavy (non-hydrogen) atoms. The molecule has 1 aromatic carbocycles. The van der Waals surface area contributed by atoms with Crippen molar-refractivity contribution in [2.45, 2.75) is 323 Å². The Hall–Kier alpha value is -2.22. The number of nitro benzene ring substituents is 1. The highest BCUT2D eigenvalue weighted by Gasteiger charge is 2.50. The second kappa shape index (κ2) is 48.5. The Bertz CT molecular complexity index is 1830. The maximum atomic E-state index is 10.5. The van der Waals surface area contributed by atoms with Crippen LogP contribution in [0.15, 0.2) is 24.3 Å². The van der Waals surface area contributed by atoms with Gasteiger partial charge in [-0.3, -0.25) is 10.1 Å². The molecule has 19 unspecified atom stereocenters. The molecule has 0 bridgehead atoms. The van der Waals surface area contributed by atoms with E-state index in [9.17, 15) is 15.2 Å². The second-order valence-electron chi connectivity index (χ2n) is 29.1. The number of aliphatic hydroxyl groups is 6. The van der Waals surface area contributed by atoms with Crippen LogP contribution in [0.1, 0.15) is 245 Å². The Kier molecular flexibility index (Phi) is 49.6. The van der Waals surface area contributed by atoms with E-state index < -0.39 is 53.0 Å². The molecule has 20 heteroatoms. The van der Waals surface area contributed by atoms with Gasteiger partial charge in [-0.1, -0.05) is 177 Å². The van der Waals surface area contributed by atoms with Gasteiger partial charge in [-0.15, -0.1) is 0 Å². The normalized spacial score (nSPS) is 26.1. The minimum Gasteiger partial charge on any atom is -0.468 e. The molecule has 19 atom stereocenters. The molecule has 5 rings (SSSR count). The number of ether oxygens (including phenoxy) is 10. The third-order valence-electron chi connectivity index (χ3n) is 20.3. The van der Waals surface area contributed by atoms with Crippen LogP contribution >= 0.6 is 0 Å². The van der Waals surface area contributed by atoms with Gasteiger partial charge >= 0.3 is 0 Å². The summed E-state index contributed by atoms with van der Waals surface area (Å²) in [5.41, 5.74) is 0.0549. The molecule has 0 radical (unpaired) electrons. The Labute approximate surface area is 572 Å². The summed E-state index contributed by atoms with van der Waals surface area (Å²) >= 11 is 0. The molecule has 0 aromatic heterocycles. The highest BCUT2D eigenvalue weighted by Crippen LogP contribution is 2.38. The standard InChI is InChI=1S/C16H25NO4.C12H22O4.C11H20O5.2C10H22.C9H20O.C6H14O4.H2O/c1-5-12(2)14(4)13(3)10-20-11-21-16-8-6-15(7-9-16)17(18)19;1-6-8-10(16-12(4,5)14-8)9-7-13-11(2,3)15-9;1-10(2)13-6-8(15-10)9-7(5-12)14-11(3,4)16-9;2*1-6-8(3)10(5)9(4)7-2;1-5-7(2)9(4)8(3)6-10;1-2-4(8)6(10)5(9)3-7;/h6-9,12-14H,5,10-11H2,1-4H3;8-10H,6-7H2,1-5H3;7-9,12H,5-6H2,1-4H3;2*8-10H,6-7H2,1-5H3;7-10H,5-6H2,1-4H3;4-10H,2-3H2,1H3;1H2. The Morgan fingerprint density at radius 3 is 1.13 bits per heavy atom. The van der Waals surface area contributed by atoms with Gasteiger partial charge in [0.15, 0.2) is 29.9 Å². The molecule has 4 fully saturated rings. The first kappa shape index (κ1) is 96.0. The molecule has 8 N–H and O–H groups in total. The lowest BCUT2D eigenvalue weighted by molar-refractivity contribution is -0.384. The molecule has 0 amide bonds. The maximum absolute atomic E-state index is 10.5. The Balaban J connectivity index is -0.00000105. The quantitative estimate of drug-likeness (QED) is 0.0188. The monoisotopic (exact) mass is 1350 g/mol. The molecule has 4 saturated heterocycles. The van der Waals surface area contributed by atoms with Crippen LogP contribution in [0.3, 0.4) is 0 Å². The van der Waals surface area contributed by atoms with Gasteiger partial charge in [-0.05, 0) is 151 Å². The summed E-state index contributed by atoms with van der Waals surface area (Å²) in [6.07, 6.45) is 4.76. The summed E-state index contributed by atoms with van der Waals surface area (Å²) in [6, 6.07) is 5.99. The van der Waals surface area contributed by atoms with Gasteiger partial charge in [0.2, 0.25) is 0 Å². The number of non-ortho nitro benzene ring substituents is 1. The molecule has 4 aliphatic heterocycles. The van der Waals surface area contributed by atoms with E-state index in [0.29, 0.717) is 68.2 Å². The zero-order valence-corrected chi connectivity index (χ0v) is 64.6. The molecule has 4 heterocycles. The lowest BCUT2D eigenvalue weighted by Gasteiger charge is -2.25. The van der Waals surface area contributed by atoms with E-state index in [4.69, 9.17) is 72.9 Å².